The molecule has 1 nitrogen and oxygen atoms in total. The quantitative estimate of drug-likeness (QED) is 0.534. The number of hydrogen-bond donors (Lipinski definition) is 0. The Labute approximate surface area is 76.6 Å². The maximum Gasteiger partial charge on any atom is 0.126 e. The molecule has 0 amide bonds. The molecule has 0 spiro atoms. The minimum Gasteiger partial charge on any atom is -0.303 e. The van der Waals surface area contributed by atoms with E-state index < -0.39 is 0 Å². The van der Waals surface area contributed by atoms with Crippen LogP contribution in [0.3, 0.4) is 0 Å². The molecule has 0 fully saturated rings. The van der Waals surface area contributed by atoms with E-state index in [1.54, 1.807) is 0 Å². The van der Waals surface area contributed by atoms with Gasteiger partial charge in [0.1, 0.15) is 6.29 Å². The maximum absolute atomic E-state index is 11.0. The van der Waals surface area contributed by atoms with Crippen molar-refractivity contribution in [1.29, 1.82) is 0 Å². The fraction of sp³-hybridized carbons (Fsp3) is 0.909. The van der Waals surface area contributed by atoms with Gasteiger partial charge in [0.2, 0.25) is 0 Å². The lowest BCUT2D eigenvalue weighted by atomic mass is 9.77. The van der Waals surface area contributed by atoms with Crippen LogP contribution >= 0.6 is 0 Å². The first-order chi connectivity index (χ1) is 5.74. The Morgan fingerprint density at radius 2 is 1.25 bits per heavy atom. The largest absolute Gasteiger partial charge is 0.303 e. The molecule has 0 aromatic heterocycles. The topological polar surface area (TPSA) is 17.1 Å². The summed E-state index contributed by atoms with van der Waals surface area (Å²) in [7, 11) is 0. The molecule has 0 saturated heterocycles. The molecule has 0 bridgehead atoms. The SMILES string of the molecule is CCCC(C=O)(CCC)CCC. The predicted molar refractivity (Wildman–Crippen MR) is 53.2 cm³/mol. The fourth-order valence-corrected chi connectivity index (χ4v) is 2.05. The minimum absolute atomic E-state index is 0.0122. The number of hydrogen-bond acceptors (Lipinski definition) is 1. The molecule has 0 N–H and O–H groups in total. The van der Waals surface area contributed by atoms with Gasteiger partial charge in [0.05, 0.1) is 0 Å². The second-order valence-electron chi connectivity index (χ2n) is 3.73. The summed E-state index contributed by atoms with van der Waals surface area (Å²) >= 11 is 0. The van der Waals surface area contributed by atoms with E-state index in [9.17, 15) is 4.79 Å². The lowest BCUT2D eigenvalue weighted by molar-refractivity contribution is -0.117. The van der Waals surface area contributed by atoms with Crippen molar-refractivity contribution in [3.63, 3.8) is 0 Å². The lowest BCUT2D eigenvalue weighted by Gasteiger charge is -2.26. The van der Waals surface area contributed by atoms with Crippen LogP contribution < -0.4 is 0 Å². The Kier molecular flexibility index (Phi) is 6.04. The highest BCUT2D eigenvalue weighted by Crippen LogP contribution is 2.32. The van der Waals surface area contributed by atoms with E-state index in [0.29, 0.717) is 0 Å². The third-order valence-electron chi connectivity index (χ3n) is 2.49. The summed E-state index contributed by atoms with van der Waals surface area (Å²) in [5.41, 5.74) is 0.0122. The van der Waals surface area contributed by atoms with Gasteiger partial charge in [-0.3, -0.25) is 0 Å². The van der Waals surface area contributed by atoms with Crippen LogP contribution in [0.4, 0.5) is 0 Å². The highest BCUT2D eigenvalue weighted by Gasteiger charge is 2.26. The van der Waals surface area contributed by atoms with Gasteiger partial charge in [-0.15, -0.1) is 0 Å². The Morgan fingerprint density at radius 1 is 0.917 bits per heavy atom. The van der Waals surface area contributed by atoms with Crippen LogP contribution in [0, 0.1) is 5.41 Å². The molecule has 0 radical (unpaired) electrons. The first-order valence-corrected chi connectivity index (χ1v) is 5.21. The molecule has 0 aliphatic heterocycles. The van der Waals surface area contributed by atoms with Crippen molar-refractivity contribution in [3.8, 4) is 0 Å². The van der Waals surface area contributed by atoms with Crippen LogP contribution in [-0.4, -0.2) is 6.29 Å². The van der Waals surface area contributed by atoms with E-state index >= 15 is 0 Å². The second-order valence-corrected chi connectivity index (χ2v) is 3.73. The third kappa shape index (κ3) is 3.38. The van der Waals surface area contributed by atoms with Gasteiger partial charge in [-0.2, -0.15) is 0 Å². The number of rotatable bonds is 7. The molecule has 72 valence electrons. The highest BCUT2D eigenvalue weighted by molar-refractivity contribution is 5.59. The van der Waals surface area contributed by atoms with Gasteiger partial charge in [-0.05, 0) is 19.3 Å². The average molecular weight is 170 g/mol. The second kappa shape index (κ2) is 6.22. The van der Waals surface area contributed by atoms with E-state index in [2.05, 4.69) is 20.8 Å². The van der Waals surface area contributed by atoms with Gasteiger partial charge in [-0.25, -0.2) is 0 Å². The molecule has 12 heavy (non-hydrogen) atoms. The Hall–Kier alpha value is -0.330. The molecule has 0 aliphatic rings. The first-order valence-electron chi connectivity index (χ1n) is 5.21. The molecule has 0 rings (SSSR count). The molecular weight excluding hydrogens is 148 g/mol. The molecule has 0 aliphatic carbocycles. The van der Waals surface area contributed by atoms with Crippen molar-refractivity contribution >= 4 is 6.29 Å². The molecule has 0 unspecified atom stereocenters. The molecule has 0 heterocycles. The van der Waals surface area contributed by atoms with Crippen molar-refractivity contribution in [2.75, 3.05) is 0 Å². The van der Waals surface area contributed by atoms with Crippen molar-refractivity contribution in [2.24, 2.45) is 5.41 Å². The molecule has 0 aromatic carbocycles. The smallest absolute Gasteiger partial charge is 0.126 e. The summed E-state index contributed by atoms with van der Waals surface area (Å²) < 4.78 is 0. The molecule has 0 atom stereocenters. The predicted octanol–water partition coefficient (Wildman–Crippen LogP) is 3.57. The van der Waals surface area contributed by atoms with Gasteiger partial charge in [0.25, 0.3) is 0 Å². The average Bonchev–Trinajstić information content (AvgIpc) is 2.06. The molecule has 1 heteroatoms. The van der Waals surface area contributed by atoms with Crippen LogP contribution in [0.5, 0.6) is 0 Å². The van der Waals surface area contributed by atoms with E-state index in [1.165, 1.54) is 6.29 Å². The Bertz CT molecular complexity index is 101. The Morgan fingerprint density at radius 3 is 1.42 bits per heavy atom. The third-order valence-corrected chi connectivity index (χ3v) is 2.49. The maximum atomic E-state index is 11.0. The zero-order valence-electron chi connectivity index (χ0n) is 8.73. The summed E-state index contributed by atoms with van der Waals surface area (Å²) in [5.74, 6) is 0. The number of aldehydes is 1. The normalized spacial score (nSPS) is 11.6. The van der Waals surface area contributed by atoms with Crippen LogP contribution in [0.25, 0.3) is 0 Å². The van der Waals surface area contributed by atoms with Crippen molar-refractivity contribution in [1.82, 2.24) is 0 Å². The molecule has 0 aromatic rings. The number of carbonyl (C=O) groups is 1. The van der Waals surface area contributed by atoms with E-state index in [4.69, 9.17) is 0 Å². The van der Waals surface area contributed by atoms with E-state index in [0.717, 1.165) is 38.5 Å². The molecular formula is C11H22O. The minimum atomic E-state index is 0.0122. The summed E-state index contributed by atoms with van der Waals surface area (Å²) in [6.07, 6.45) is 7.77. The van der Waals surface area contributed by atoms with Gasteiger partial charge in [0.15, 0.2) is 0 Å². The van der Waals surface area contributed by atoms with Crippen LogP contribution in [0.2, 0.25) is 0 Å². The summed E-state index contributed by atoms with van der Waals surface area (Å²) in [5, 5.41) is 0. The van der Waals surface area contributed by atoms with Gasteiger partial charge >= 0.3 is 0 Å². The zero-order valence-corrected chi connectivity index (χ0v) is 8.73. The molecule has 0 saturated carbocycles. The van der Waals surface area contributed by atoms with Crippen molar-refractivity contribution in [2.45, 2.75) is 59.3 Å². The first kappa shape index (κ1) is 11.7. The van der Waals surface area contributed by atoms with Gasteiger partial charge in [-0.1, -0.05) is 40.0 Å². The highest BCUT2D eigenvalue weighted by atomic mass is 16.1. The van der Waals surface area contributed by atoms with E-state index in [1.807, 2.05) is 0 Å². The van der Waals surface area contributed by atoms with Crippen LogP contribution in [-0.2, 0) is 4.79 Å². The van der Waals surface area contributed by atoms with Gasteiger partial charge < -0.3 is 4.79 Å². The lowest BCUT2D eigenvalue weighted by Crippen LogP contribution is -2.22. The summed E-state index contributed by atoms with van der Waals surface area (Å²) in [4.78, 5) is 11.0. The van der Waals surface area contributed by atoms with Crippen molar-refractivity contribution in [3.05, 3.63) is 0 Å². The fourth-order valence-electron chi connectivity index (χ4n) is 2.05. The number of carbonyl (C=O) groups excluding carboxylic acids is 1. The van der Waals surface area contributed by atoms with Crippen molar-refractivity contribution < 1.29 is 4.79 Å². The van der Waals surface area contributed by atoms with Crippen LogP contribution in [0.1, 0.15) is 59.3 Å². The monoisotopic (exact) mass is 170 g/mol. The Balaban J connectivity index is 4.16. The van der Waals surface area contributed by atoms with Crippen LogP contribution in [0.15, 0.2) is 0 Å². The standard InChI is InChI=1S/C11H22O/c1-4-7-11(10-12,8-5-2)9-6-3/h10H,4-9H2,1-3H3. The summed E-state index contributed by atoms with van der Waals surface area (Å²) in [6.45, 7) is 6.47. The zero-order chi connectivity index (χ0) is 9.45. The summed E-state index contributed by atoms with van der Waals surface area (Å²) in [6, 6.07) is 0. The van der Waals surface area contributed by atoms with E-state index in [-0.39, 0.29) is 5.41 Å². The van der Waals surface area contributed by atoms with Gasteiger partial charge in [0, 0.05) is 5.41 Å².